The predicted octanol–water partition coefficient (Wildman–Crippen LogP) is 5.03. The summed E-state index contributed by atoms with van der Waals surface area (Å²) in [6.45, 7) is 5.31. The van der Waals surface area contributed by atoms with Gasteiger partial charge in [0.05, 0.1) is 0 Å². The molecule has 0 aliphatic rings. The standard InChI is InChI=1S/C16H18IN/c1-12(2)14-4-3-5-16(10-14)18-11-13-6-8-15(17)9-7-13/h3-10,12,18H,11H2,1-2H3. The van der Waals surface area contributed by atoms with Crippen molar-refractivity contribution in [3.05, 3.63) is 63.2 Å². The van der Waals surface area contributed by atoms with Crippen LogP contribution in [0, 0.1) is 3.57 Å². The smallest absolute Gasteiger partial charge is 0.0400 e. The molecule has 0 saturated heterocycles. The van der Waals surface area contributed by atoms with Gasteiger partial charge in [-0.05, 0) is 63.9 Å². The summed E-state index contributed by atoms with van der Waals surface area (Å²) in [4.78, 5) is 0. The highest BCUT2D eigenvalue weighted by atomic mass is 127. The molecule has 18 heavy (non-hydrogen) atoms. The Morgan fingerprint density at radius 2 is 1.78 bits per heavy atom. The molecule has 2 aromatic carbocycles. The second kappa shape index (κ2) is 6.23. The van der Waals surface area contributed by atoms with Gasteiger partial charge >= 0.3 is 0 Å². The molecular weight excluding hydrogens is 333 g/mol. The van der Waals surface area contributed by atoms with E-state index >= 15 is 0 Å². The van der Waals surface area contributed by atoms with Crippen molar-refractivity contribution >= 4 is 28.3 Å². The molecule has 2 rings (SSSR count). The van der Waals surface area contributed by atoms with E-state index in [2.05, 4.69) is 90.3 Å². The third kappa shape index (κ3) is 3.73. The fourth-order valence-corrected chi connectivity index (χ4v) is 2.17. The van der Waals surface area contributed by atoms with Gasteiger partial charge in [0.15, 0.2) is 0 Å². The van der Waals surface area contributed by atoms with Crippen LogP contribution in [0.2, 0.25) is 0 Å². The van der Waals surface area contributed by atoms with Crippen molar-refractivity contribution in [1.29, 1.82) is 0 Å². The number of hydrogen-bond donors (Lipinski definition) is 1. The molecule has 0 fully saturated rings. The highest BCUT2D eigenvalue weighted by Gasteiger charge is 2.00. The zero-order valence-electron chi connectivity index (χ0n) is 10.8. The van der Waals surface area contributed by atoms with Gasteiger partial charge in [0.25, 0.3) is 0 Å². The van der Waals surface area contributed by atoms with Gasteiger partial charge in [-0.1, -0.05) is 38.1 Å². The molecule has 1 N–H and O–H groups in total. The Morgan fingerprint density at radius 3 is 2.44 bits per heavy atom. The van der Waals surface area contributed by atoms with Crippen LogP contribution in [0.15, 0.2) is 48.5 Å². The van der Waals surface area contributed by atoms with Crippen LogP contribution in [-0.2, 0) is 6.54 Å². The first-order valence-electron chi connectivity index (χ1n) is 6.23. The molecule has 0 heterocycles. The van der Waals surface area contributed by atoms with E-state index in [0.717, 1.165) is 6.54 Å². The van der Waals surface area contributed by atoms with E-state index in [4.69, 9.17) is 0 Å². The maximum atomic E-state index is 3.47. The second-order valence-corrected chi connectivity index (χ2v) is 6.01. The fourth-order valence-electron chi connectivity index (χ4n) is 1.81. The predicted molar refractivity (Wildman–Crippen MR) is 87.0 cm³/mol. The molecule has 0 unspecified atom stereocenters. The molecule has 2 heteroatoms. The Kier molecular flexibility index (Phi) is 4.64. The van der Waals surface area contributed by atoms with Gasteiger partial charge in [-0.25, -0.2) is 0 Å². The van der Waals surface area contributed by atoms with E-state index in [-0.39, 0.29) is 0 Å². The summed E-state index contributed by atoms with van der Waals surface area (Å²) in [6, 6.07) is 17.3. The molecule has 0 saturated carbocycles. The summed E-state index contributed by atoms with van der Waals surface area (Å²) in [5.74, 6) is 0.574. The number of anilines is 1. The van der Waals surface area contributed by atoms with E-state index in [1.165, 1.54) is 20.4 Å². The minimum atomic E-state index is 0.574. The van der Waals surface area contributed by atoms with Gasteiger partial charge in [-0.15, -0.1) is 0 Å². The van der Waals surface area contributed by atoms with Crippen molar-refractivity contribution in [1.82, 2.24) is 0 Å². The molecule has 0 aromatic heterocycles. The van der Waals surface area contributed by atoms with Gasteiger partial charge < -0.3 is 5.32 Å². The molecule has 1 nitrogen and oxygen atoms in total. The van der Waals surface area contributed by atoms with E-state index in [1.54, 1.807) is 0 Å². The lowest BCUT2D eigenvalue weighted by Gasteiger charge is -2.10. The Balaban J connectivity index is 2.01. The topological polar surface area (TPSA) is 12.0 Å². The van der Waals surface area contributed by atoms with Crippen molar-refractivity contribution in [3.63, 3.8) is 0 Å². The normalized spacial score (nSPS) is 10.7. The number of hydrogen-bond acceptors (Lipinski definition) is 1. The van der Waals surface area contributed by atoms with Crippen LogP contribution >= 0.6 is 22.6 Å². The fraction of sp³-hybridized carbons (Fsp3) is 0.250. The van der Waals surface area contributed by atoms with Crippen LogP contribution in [0.25, 0.3) is 0 Å². The monoisotopic (exact) mass is 351 g/mol. The number of halogens is 1. The zero-order valence-corrected chi connectivity index (χ0v) is 12.9. The summed E-state index contributed by atoms with van der Waals surface area (Å²) < 4.78 is 1.28. The van der Waals surface area contributed by atoms with Gasteiger partial charge in [-0.2, -0.15) is 0 Å². The largest absolute Gasteiger partial charge is 0.381 e. The van der Waals surface area contributed by atoms with Crippen LogP contribution < -0.4 is 5.32 Å². The zero-order chi connectivity index (χ0) is 13.0. The van der Waals surface area contributed by atoms with E-state index in [0.29, 0.717) is 5.92 Å². The van der Waals surface area contributed by atoms with Gasteiger partial charge in [0.1, 0.15) is 0 Å². The summed E-state index contributed by atoms with van der Waals surface area (Å²) in [6.07, 6.45) is 0. The molecule has 0 aliphatic heterocycles. The lowest BCUT2D eigenvalue weighted by atomic mass is 10.0. The number of nitrogens with one attached hydrogen (secondary N) is 1. The molecule has 0 radical (unpaired) electrons. The van der Waals surface area contributed by atoms with Crippen LogP contribution in [0.1, 0.15) is 30.9 Å². The van der Waals surface area contributed by atoms with Gasteiger partial charge in [0.2, 0.25) is 0 Å². The molecule has 0 bridgehead atoms. The third-order valence-corrected chi connectivity index (χ3v) is 3.68. The van der Waals surface area contributed by atoms with Gasteiger partial charge in [0, 0.05) is 15.8 Å². The third-order valence-electron chi connectivity index (χ3n) is 2.96. The first kappa shape index (κ1) is 13.4. The van der Waals surface area contributed by atoms with Crippen molar-refractivity contribution in [3.8, 4) is 0 Å². The Morgan fingerprint density at radius 1 is 1.06 bits per heavy atom. The summed E-state index contributed by atoms with van der Waals surface area (Å²) in [5.41, 5.74) is 3.88. The number of rotatable bonds is 4. The quantitative estimate of drug-likeness (QED) is 0.762. The first-order valence-corrected chi connectivity index (χ1v) is 7.31. The van der Waals surface area contributed by atoms with Crippen molar-refractivity contribution in [2.24, 2.45) is 0 Å². The highest BCUT2D eigenvalue weighted by Crippen LogP contribution is 2.19. The van der Waals surface area contributed by atoms with E-state index in [1.807, 2.05) is 0 Å². The van der Waals surface area contributed by atoms with Crippen LogP contribution in [0.3, 0.4) is 0 Å². The summed E-state index contributed by atoms with van der Waals surface area (Å²) in [5, 5.41) is 3.47. The Labute approximate surface area is 123 Å². The second-order valence-electron chi connectivity index (χ2n) is 4.76. The van der Waals surface area contributed by atoms with Crippen molar-refractivity contribution < 1.29 is 0 Å². The summed E-state index contributed by atoms with van der Waals surface area (Å²) in [7, 11) is 0. The lowest BCUT2D eigenvalue weighted by molar-refractivity contribution is 0.866. The van der Waals surface area contributed by atoms with Crippen molar-refractivity contribution in [2.45, 2.75) is 26.3 Å². The van der Waals surface area contributed by atoms with Crippen LogP contribution in [-0.4, -0.2) is 0 Å². The SMILES string of the molecule is CC(C)c1cccc(NCc2ccc(I)cc2)c1. The lowest BCUT2D eigenvalue weighted by Crippen LogP contribution is -2.00. The molecule has 0 atom stereocenters. The molecular formula is C16H18IN. The van der Waals surface area contributed by atoms with Crippen LogP contribution in [0.5, 0.6) is 0 Å². The minimum absolute atomic E-state index is 0.574. The van der Waals surface area contributed by atoms with E-state index in [9.17, 15) is 0 Å². The Hall–Kier alpha value is -1.03. The molecule has 2 aromatic rings. The molecule has 0 amide bonds. The molecule has 0 aliphatic carbocycles. The van der Waals surface area contributed by atoms with Crippen molar-refractivity contribution in [2.75, 3.05) is 5.32 Å². The maximum absolute atomic E-state index is 3.47. The van der Waals surface area contributed by atoms with Gasteiger partial charge in [-0.3, -0.25) is 0 Å². The van der Waals surface area contributed by atoms with E-state index < -0.39 is 0 Å². The van der Waals surface area contributed by atoms with Crippen LogP contribution in [0.4, 0.5) is 5.69 Å². The highest BCUT2D eigenvalue weighted by molar-refractivity contribution is 14.1. The molecule has 94 valence electrons. The Bertz CT molecular complexity index is 503. The minimum Gasteiger partial charge on any atom is -0.381 e. The average Bonchev–Trinajstić information content (AvgIpc) is 2.38. The number of benzene rings is 2. The first-order chi connectivity index (χ1) is 8.65. The summed E-state index contributed by atoms with van der Waals surface area (Å²) >= 11 is 2.33. The average molecular weight is 351 g/mol. The molecule has 0 spiro atoms. The maximum Gasteiger partial charge on any atom is 0.0400 e.